The molecule has 1 fully saturated rings. The third kappa shape index (κ3) is 13.0. The molecule has 0 radical (unpaired) electrons. The van der Waals surface area contributed by atoms with E-state index in [1.165, 1.54) is 0 Å². The van der Waals surface area contributed by atoms with Gasteiger partial charge in [-0.05, 0) is 57.2 Å². The Bertz CT molecular complexity index is 1330. The monoisotopic (exact) mass is 775 g/mol. The second-order valence-corrected chi connectivity index (χ2v) is 16.2. The van der Waals surface area contributed by atoms with Crippen LogP contribution in [0.15, 0.2) is 30.3 Å². The molecule has 4 amide bonds. The molecule has 0 bridgehead atoms. The zero-order valence-corrected chi connectivity index (χ0v) is 36.0. The van der Waals surface area contributed by atoms with E-state index in [4.69, 9.17) is 9.47 Å². The van der Waals surface area contributed by atoms with Gasteiger partial charge in [0.15, 0.2) is 0 Å². The van der Waals surface area contributed by atoms with E-state index in [-0.39, 0.29) is 53.8 Å². The zero-order chi connectivity index (χ0) is 41.6. The van der Waals surface area contributed by atoms with E-state index in [0.717, 1.165) is 19.4 Å². The van der Waals surface area contributed by atoms with Crippen LogP contribution in [0.1, 0.15) is 92.7 Å². The Morgan fingerprint density at radius 1 is 0.927 bits per heavy atom. The predicted octanol–water partition coefficient (Wildman–Crippen LogP) is 3.46. The molecule has 13 nitrogen and oxygen atoms in total. The van der Waals surface area contributed by atoms with Gasteiger partial charge in [-0.2, -0.15) is 0 Å². The molecule has 10 unspecified atom stereocenters. The first-order valence-corrected chi connectivity index (χ1v) is 20.3. The van der Waals surface area contributed by atoms with Crippen LogP contribution in [0.25, 0.3) is 0 Å². The Labute approximate surface area is 331 Å². The maximum atomic E-state index is 14.4. The minimum atomic E-state index is -0.878. The number of hydrogen-bond donors (Lipinski definition) is 4. The number of nitrogens with one attached hydrogen (secondary N) is 3. The number of ether oxygens (including phenoxy) is 2. The lowest BCUT2D eigenvalue weighted by atomic mass is 9.89. The number of likely N-dealkylation sites (tertiary alicyclic amines) is 1. The lowest BCUT2D eigenvalue weighted by Crippen LogP contribution is -2.60. The van der Waals surface area contributed by atoms with Gasteiger partial charge in [-0.15, -0.1) is 0 Å². The normalized spacial score (nSPS) is 19.7. The summed E-state index contributed by atoms with van der Waals surface area (Å²) in [5, 5.41) is 20.0. The molecule has 1 aliphatic rings. The maximum Gasteiger partial charge on any atom is 0.245 e. The molecule has 1 saturated heterocycles. The van der Waals surface area contributed by atoms with Gasteiger partial charge >= 0.3 is 0 Å². The van der Waals surface area contributed by atoms with Crippen molar-refractivity contribution in [2.45, 2.75) is 130 Å². The van der Waals surface area contributed by atoms with Crippen molar-refractivity contribution in [2.24, 2.45) is 23.7 Å². The summed E-state index contributed by atoms with van der Waals surface area (Å²) in [6, 6.07) is 6.68. The number of nitrogens with zero attached hydrogens (tertiary/aromatic N) is 3. The average molecular weight is 775 g/mol. The van der Waals surface area contributed by atoms with Gasteiger partial charge < -0.3 is 40.3 Å². The Kier molecular flexibility index (Phi) is 20.3. The third-order valence-corrected chi connectivity index (χ3v) is 11.6. The Morgan fingerprint density at radius 3 is 2.09 bits per heavy atom. The summed E-state index contributed by atoms with van der Waals surface area (Å²) >= 11 is 0. The number of benzene rings is 1. The van der Waals surface area contributed by atoms with Crippen molar-refractivity contribution < 1.29 is 33.8 Å². The van der Waals surface area contributed by atoms with E-state index < -0.39 is 48.4 Å². The van der Waals surface area contributed by atoms with Crippen LogP contribution in [-0.4, -0.2) is 141 Å². The topological polar surface area (TPSA) is 153 Å². The van der Waals surface area contributed by atoms with Gasteiger partial charge in [0.2, 0.25) is 23.6 Å². The molecule has 10 atom stereocenters. The highest BCUT2D eigenvalue weighted by Gasteiger charge is 2.43. The third-order valence-electron chi connectivity index (χ3n) is 11.6. The van der Waals surface area contributed by atoms with Crippen LogP contribution in [0.3, 0.4) is 0 Å². The van der Waals surface area contributed by atoms with E-state index in [1.807, 2.05) is 83.9 Å². The fourth-order valence-electron chi connectivity index (χ4n) is 8.09. The molecule has 1 aromatic rings. The van der Waals surface area contributed by atoms with Crippen molar-refractivity contribution in [2.75, 3.05) is 55.0 Å². The number of likely N-dealkylation sites (N-methyl/N-ethyl adjacent to an activating group) is 3. The van der Waals surface area contributed by atoms with Gasteiger partial charge in [0.1, 0.15) is 6.04 Å². The summed E-state index contributed by atoms with van der Waals surface area (Å²) in [5.74, 6) is -1.61. The first-order valence-electron chi connectivity index (χ1n) is 20.3. The molecule has 314 valence electrons. The van der Waals surface area contributed by atoms with Crippen molar-refractivity contribution in [1.29, 1.82) is 0 Å². The molecule has 0 saturated carbocycles. The van der Waals surface area contributed by atoms with Crippen LogP contribution >= 0.6 is 0 Å². The predicted molar refractivity (Wildman–Crippen MR) is 217 cm³/mol. The lowest BCUT2D eigenvalue weighted by molar-refractivity contribution is -0.148. The molecule has 55 heavy (non-hydrogen) atoms. The highest BCUT2D eigenvalue weighted by atomic mass is 16.5. The Morgan fingerprint density at radius 2 is 1.56 bits per heavy atom. The van der Waals surface area contributed by atoms with Gasteiger partial charge in [-0.3, -0.25) is 24.1 Å². The number of carbonyl (C=O) groups excluding carboxylic acids is 4. The Hall–Kier alpha value is -3.10. The Balaban J connectivity index is 2.26. The van der Waals surface area contributed by atoms with E-state index in [0.29, 0.717) is 25.1 Å². The smallest absolute Gasteiger partial charge is 0.245 e. The summed E-state index contributed by atoms with van der Waals surface area (Å²) < 4.78 is 12.0. The van der Waals surface area contributed by atoms with Crippen LogP contribution < -0.4 is 16.0 Å². The standard InChI is InChI=1S/C42H74N6O7/c1-14-28(6)37(47(11)42(53)35(26(2)3)45-41(52)36(27(4)5)46(10)24-22-43-9)33(54-12)25-34(49)48-23-18-21-32(48)39(55-13)29(7)40(51)44-30(8)38(50)31-19-16-15-17-20-31/h15-17,19-20,26-30,32-33,35-39,43,50H,14,18,21-25H2,1-13H3,(H,44,51)(H,45,52). The molecule has 0 aromatic heterocycles. The van der Waals surface area contributed by atoms with Crippen molar-refractivity contribution >= 4 is 23.6 Å². The van der Waals surface area contributed by atoms with Gasteiger partial charge in [0, 0.05) is 40.9 Å². The summed E-state index contributed by atoms with van der Waals surface area (Å²) in [7, 11) is 8.67. The van der Waals surface area contributed by atoms with Crippen LogP contribution in [-0.2, 0) is 28.7 Å². The number of rotatable bonds is 23. The zero-order valence-electron chi connectivity index (χ0n) is 36.0. The van der Waals surface area contributed by atoms with Crippen molar-refractivity contribution in [3.05, 3.63) is 35.9 Å². The fraction of sp³-hybridized carbons (Fsp3) is 0.762. The van der Waals surface area contributed by atoms with Crippen LogP contribution in [0.4, 0.5) is 0 Å². The molecule has 4 N–H and O–H groups in total. The largest absolute Gasteiger partial charge is 0.386 e. The SMILES string of the molecule is CCC(C)C(C(CC(=O)N1CCCC1C(OC)C(C)C(=O)NC(C)C(O)c1ccccc1)OC)N(C)C(=O)C(NC(=O)C(C(C)C)N(C)CCNC)C(C)C. The van der Waals surface area contributed by atoms with E-state index in [1.54, 1.807) is 44.9 Å². The molecule has 0 spiro atoms. The van der Waals surface area contributed by atoms with Crippen LogP contribution in [0.5, 0.6) is 0 Å². The van der Waals surface area contributed by atoms with Crippen molar-refractivity contribution in [1.82, 2.24) is 30.7 Å². The molecule has 1 heterocycles. The van der Waals surface area contributed by atoms with Gasteiger partial charge in [-0.1, -0.05) is 85.2 Å². The van der Waals surface area contributed by atoms with Gasteiger partial charge in [0.25, 0.3) is 0 Å². The average Bonchev–Trinajstić information content (AvgIpc) is 3.65. The molecular weight excluding hydrogens is 700 g/mol. The first-order chi connectivity index (χ1) is 26.0. The number of amides is 4. The fourth-order valence-corrected chi connectivity index (χ4v) is 8.09. The molecule has 0 aliphatic carbocycles. The van der Waals surface area contributed by atoms with Crippen LogP contribution in [0.2, 0.25) is 0 Å². The highest BCUT2D eigenvalue weighted by Crippen LogP contribution is 2.30. The summed E-state index contributed by atoms with van der Waals surface area (Å²) in [6.45, 7) is 17.4. The molecular formula is C42H74N6O7. The molecule has 2 rings (SSSR count). The van der Waals surface area contributed by atoms with Gasteiger partial charge in [-0.25, -0.2) is 0 Å². The molecule has 13 heteroatoms. The minimum Gasteiger partial charge on any atom is -0.386 e. The second kappa shape index (κ2) is 23.2. The first kappa shape index (κ1) is 48.0. The number of aliphatic hydroxyl groups excluding tert-OH is 1. The number of hydrogen-bond acceptors (Lipinski definition) is 9. The quantitative estimate of drug-likeness (QED) is 0.131. The number of carbonyl (C=O) groups is 4. The maximum absolute atomic E-state index is 14.4. The minimum absolute atomic E-state index is 0.0238. The number of methoxy groups -OCH3 is 2. The van der Waals surface area contributed by atoms with E-state index >= 15 is 0 Å². The molecule has 1 aromatic carbocycles. The highest BCUT2D eigenvalue weighted by molar-refractivity contribution is 5.90. The van der Waals surface area contributed by atoms with Crippen LogP contribution in [0, 0.1) is 23.7 Å². The summed E-state index contributed by atoms with van der Waals surface area (Å²) in [5.41, 5.74) is 0.711. The van der Waals surface area contributed by atoms with E-state index in [2.05, 4.69) is 22.9 Å². The summed E-state index contributed by atoms with van der Waals surface area (Å²) in [4.78, 5) is 61.3. The summed E-state index contributed by atoms with van der Waals surface area (Å²) in [6.07, 6.45) is 0.118. The van der Waals surface area contributed by atoms with Crippen molar-refractivity contribution in [3.63, 3.8) is 0 Å². The van der Waals surface area contributed by atoms with Gasteiger partial charge in [0.05, 0.1) is 54.8 Å². The van der Waals surface area contributed by atoms with E-state index in [9.17, 15) is 24.3 Å². The second-order valence-electron chi connectivity index (χ2n) is 16.2. The van der Waals surface area contributed by atoms with Crippen molar-refractivity contribution in [3.8, 4) is 0 Å². The number of aliphatic hydroxyl groups is 1. The molecule has 1 aliphatic heterocycles. The lowest BCUT2D eigenvalue weighted by Gasteiger charge is -2.41.